The Hall–Kier alpha value is -2.22. The normalized spacial score (nSPS) is 19.3. The zero-order valence-electron chi connectivity index (χ0n) is 25.9. The summed E-state index contributed by atoms with van der Waals surface area (Å²) in [5.74, 6) is 1.63. The monoisotopic (exact) mass is 655 g/mol. The molecule has 4 atom stereocenters. The van der Waals surface area contributed by atoms with E-state index in [0.29, 0.717) is 28.3 Å². The Labute approximate surface area is 264 Å². The van der Waals surface area contributed by atoms with Crippen molar-refractivity contribution in [3.63, 3.8) is 0 Å². The first kappa shape index (κ1) is 35.3. The van der Waals surface area contributed by atoms with Gasteiger partial charge in [0.15, 0.2) is 5.82 Å². The van der Waals surface area contributed by atoms with Crippen LogP contribution in [0.4, 0.5) is 11.8 Å². The topological polar surface area (TPSA) is 138 Å². The molecule has 0 radical (unpaired) electrons. The minimum atomic E-state index is -1.64. The number of aldehydes is 1. The fourth-order valence-corrected chi connectivity index (χ4v) is 5.91. The highest BCUT2D eigenvalue weighted by atomic mass is 35.5. The molecule has 3 heterocycles. The molecule has 1 aliphatic rings. The van der Waals surface area contributed by atoms with E-state index in [1.807, 2.05) is 49.0 Å². The second-order valence-corrected chi connectivity index (χ2v) is 13.1. The number of nitrogen functional groups attached to an aromatic ring is 1. The lowest BCUT2D eigenvalue weighted by molar-refractivity contribution is -0.111. The van der Waals surface area contributed by atoms with Crippen LogP contribution >= 0.6 is 32.1 Å². The van der Waals surface area contributed by atoms with Crippen molar-refractivity contribution >= 4 is 61.2 Å². The van der Waals surface area contributed by atoms with Crippen LogP contribution in [0.15, 0.2) is 36.5 Å². The number of carbonyl (C=O) groups excluding carboxylic acids is 1. The smallest absolute Gasteiger partial charge is 0.319 e. The summed E-state index contributed by atoms with van der Waals surface area (Å²) in [4.78, 5) is 23.6. The Kier molecular flexibility index (Phi) is 13.3. The van der Waals surface area contributed by atoms with Gasteiger partial charge in [0, 0.05) is 31.3 Å². The van der Waals surface area contributed by atoms with Crippen molar-refractivity contribution in [3.8, 4) is 5.75 Å². The molecule has 1 fully saturated rings. The van der Waals surface area contributed by atoms with Crippen molar-refractivity contribution in [2.24, 2.45) is 5.92 Å². The van der Waals surface area contributed by atoms with Gasteiger partial charge >= 0.3 is 8.53 Å². The maximum Gasteiger partial charge on any atom is 0.319 e. The third kappa shape index (κ3) is 10.2. The number of nitrogens with one attached hydrogen (secondary N) is 2. The van der Waals surface area contributed by atoms with E-state index >= 15 is 0 Å². The molecule has 0 aliphatic carbocycles. The highest BCUT2D eigenvalue weighted by molar-refractivity contribution is 7.96. The summed E-state index contributed by atoms with van der Waals surface area (Å²) < 4.78 is 25.3. The Morgan fingerprint density at radius 1 is 1.30 bits per heavy atom. The molecule has 238 valence electrons. The fraction of sp³-hybridized carbons (Fsp3) is 0.536. The fourth-order valence-electron chi connectivity index (χ4n) is 4.13. The Balaban J connectivity index is 0.000000934. The van der Waals surface area contributed by atoms with Gasteiger partial charge in [-0.2, -0.15) is 14.8 Å². The minimum Gasteiger partial charge on any atom is -0.436 e. The number of benzene rings is 1. The molecule has 2 aromatic heterocycles. The predicted octanol–water partition coefficient (Wildman–Crippen LogP) is 5.74. The Morgan fingerprint density at radius 3 is 2.58 bits per heavy atom. The number of rotatable bonds is 13. The van der Waals surface area contributed by atoms with Crippen LogP contribution in [0.3, 0.4) is 0 Å². The molecule has 4 unspecified atom stereocenters. The van der Waals surface area contributed by atoms with E-state index in [4.69, 9.17) is 35.9 Å². The van der Waals surface area contributed by atoms with Crippen LogP contribution in [0.5, 0.6) is 5.75 Å². The van der Waals surface area contributed by atoms with E-state index in [1.54, 1.807) is 45.2 Å². The molecule has 15 heteroatoms. The molecule has 0 spiro atoms. The van der Waals surface area contributed by atoms with Crippen LogP contribution in [0.1, 0.15) is 47.3 Å². The van der Waals surface area contributed by atoms with E-state index in [2.05, 4.69) is 26.8 Å². The highest BCUT2D eigenvalue weighted by Gasteiger charge is 2.36. The summed E-state index contributed by atoms with van der Waals surface area (Å²) >= 11 is 7.45. The standard InChI is InChI=1S/C24H33ClN7O4PS.C4H10O/c1-15-12-18(13-34-37(29-24(2,3)14-33)36-17-8-6-16(25)7-9-17)35-22(15)32-11-10-19-20(31(4)30-38-5)27-23(26)28-21(19)32;1-4(2)5-3/h6-11,14-15,18,22,29-30H,12-13H2,1-5H3,(H2,26,27,28);4H,1-3H3. The maximum absolute atomic E-state index is 11.5. The number of halogens is 1. The van der Waals surface area contributed by atoms with Gasteiger partial charge in [-0.1, -0.05) is 30.5 Å². The summed E-state index contributed by atoms with van der Waals surface area (Å²) in [6.45, 7) is 9.94. The Morgan fingerprint density at radius 2 is 1.98 bits per heavy atom. The molecular formula is C28H43ClN7O5PS. The number of nitrogens with zero attached hydrogens (tertiary/aromatic N) is 4. The number of ether oxygens (including phenoxy) is 2. The van der Waals surface area contributed by atoms with Gasteiger partial charge in [0.05, 0.1) is 29.7 Å². The lowest BCUT2D eigenvalue weighted by Crippen LogP contribution is -2.38. The van der Waals surface area contributed by atoms with Crippen molar-refractivity contribution in [2.75, 3.05) is 37.8 Å². The lowest BCUT2D eigenvalue weighted by atomic mass is 10.1. The molecule has 1 aromatic carbocycles. The van der Waals surface area contributed by atoms with Crippen molar-refractivity contribution in [3.05, 3.63) is 41.6 Å². The van der Waals surface area contributed by atoms with Gasteiger partial charge in [-0.05, 0) is 70.7 Å². The number of fused-ring (bicyclic) bond motifs is 1. The first-order chi connectivity index (χ1) is 20.4. The van der Waals surface area contributed by atoms with Crippen LogP contribution in [-0.4, -0.2) is 65.6 Å². The third-order valence-electron chi connectivity index (χ3n) is 6.37. The van der Waals surface area contributed by atoms with Crippen LogP contribution in [-0.2, 0) is 18.8 Å². The van der Waals surface area contributed by atoms with Gasteiger partial charge < -0.3 is 33.6 Å². The molecule has 4 rings (SSSR count). The van der Waals surface area contributed by atoms with Crippen LogP contribution in [0.2, 0.25) is 5.02 Å². The molecule has 3 aromatic rings. The number of hydrazine groups is 1. The zero-order chi connectivity index (χ0) is 31.7. The first-order valence-corrected chi connectivity index (χ1v) is 16.6. The maximum atomic E-state index is 11.5. The van der Waals surface area contributed by atoms with Crippen molar-refractivity contribution < 1.29 is 23.3 Å². The largest absolute Gasteiger partial charge is 0.436 e. The molecule has 4 N–H and O–H groups in total. The molecule has 1 saturated heterocycles. The van der Waals surface area contributed by atoms with Crippen LogP contribution < -0.4 is 25.2 Å². The first-order valence-electron chi connectivity index (χ1n) is 13.8. The summed E-state index contributed by atoms with van der Waals surface area (Å²) in [7, 11) is 1.93. The van der Waals surface area contributed by atoms with Crippen molar-refractivity contribution in [1.29, 1.82) is 0 Å². The highest BCUT2D eigenvalue weighted by Crippen LogP contribution is 2.42. The average Bonchev–Trinajstić information content (AvgIpc) is 3.55. The van der Waals surface area contributed by atoms with Gasteiger partial charge in [-0.25, -0.2) is 5.09 Å². The van der Waals surface area contributed by atoms with E-state index in [-0.39, 0.29) is 30.8 Å². The van der Waals surface area contributed by atoms with Gasteiger partial charge in [-0.3, -0.25) is 5.01 Å². The van der Waals surface area contributed by atoms with Crippen molar-refractivity contribution in [2.45, 2.75) is 65.0 Å². The predicted molar refractivity (Wildman–Crippen MR) is 175 cm³/mol. The average molecular weight is 656 g/mol. The number of anilines is 2. The molecule has 0 bridgehead atoms. The second kappa shape index (κ2) is 16.2. The summed E-state index contributed by atoms with van der Waals surface area (Å²) in [6.07, 6.45) is 5.41. The summed E-state index contributed by atoms with van der Waals surface area (Å²) in [6, 6.07) is 8.95. The molecule has 0 amide bonds. The van der Waals surface area contributed by atoms with Gasteiger partial charge in [0.1, 0.15) is 23.9 Å². The number of aromatic nitrogens is 3. The molecule has 43 heavy (non-hydrogen) atoms. The molecule has 1 aliphatic heterocycles. The van der Waals surface area contributed by atoms with E-state index in [9.17, 15) is 4.79 Å². The van der Waals surface area contributed by atoms with Crippen LogP contribution in [0.25, 0.3) is 11.0 Å². The number of methoxy groups -OCH3 is 1. The molecule has 0 saturated carbocycles. The second-order valence-electron chi connectivity index (χ2n) is 10.9. The Bertz CT molecular complexity index is 1320. The lowest BCUT2D eigenvalue weighted by Gasteiger charge is -2.26. The third-order valence-corrected chi connectivity index (χ3v) is 8.60. The minimum absolute atomic E-state index is 0.182. The quantitative estimate of drug-likeness (QED) is 0.0896. The molecular weight excluding hydrogens is 613 g/mol. The van der Waals surface area contributed by atoms with E-state index < -0.39 is 14.1 Å². The number of hydrogen-bond donors (Lipinski definition) is 3. The van der Waals surface area contributed by atoms with Gasteiger partial charge in [0.2, 0.25) is 5.95 Å². The zero-order valence-corrected chi connectivity index (χ0v) is 28.4. The van der Waals surface area contributed by atoms with E-state index in [0.717, 1.165) is 18.1 Å². The number of carbonyl (C=O) groups is 1. The van der Waals surface area contributed by atoms with Gasteiger partial charge in [-0.15, -0.1) is 0 Å². The van der Waals surface area contributed by atoms with Crippen molar-refractivity contribution in [1.82, 2.24) is 24.5 Å². The molecule has 12 nitrogen and oxygen atoms in total. The van der Waals surface area contributed by atoms with Gasteiger partial charge in [0.25, 0.3) is 0 Å². The SMILES string of the molecule is COC(C)C.CSNN(C)c1nc(N)nc2c1ccn2C1OC(COP(NC(C)(C)C=O)Oc2ccc(Cl)cc2)CC1C. The number of nitrogens with two attached hydrogens (primary N) is 1. The number of hydrogen-bond acceptors (Lipinski definition) is 12. The summed E-state index contributed by atoms with van der Waals surface area (Å²) in [5, 5.41) is 6.42. The van der Waals surface area contributed by atoms with E-state index in [1.165, 1.54) is 11.9 Å². The summed E-state index contributed by atoms with van der Waals surface area (Å²) in [5.41, 5.74) is 5.92. The van der Waals surface area contributed by atoms with Crippen LogP contribution in [0, 0.1) is 5.92 Å².